The van der Waals surface area contributed by atoms with Gasteiger partial charge < -0.3 is 15.5 Å². The van der Waals surface area contributed by atoms with Gasteiger partial charge in [-0.3, -0.25) is 14.4 Å². The lowest BCUT2D eigenvalue weighted by Crippen LogP contribution is -2.52. The SMILES string of the molecule is CC(=O)Nc1ccc(S(=O)(=O)N[C@H](C)C(=O)N2CCC(NC(=O)c3ccccc3)CC2)cc1. The number of sulfonamides is 1. The minimum atomic E-state index is -3.91. The van der Waals surface area contributed by atoms with Crippen molar-refractivity contribution in [2.45, 2.75) is 43.7 Å². The fraction of sp³-hybridized carbons (Fsp3) is 0.348. The van der Waals surface area contributed by atoms with Gasteiger partial charge in [-0.2, -0.15) is 4.72 Å². The molecule has 10 heteroatoms. The molecule has 0 saturated carbocycles. The molecule has 1 aliphatic rings. The van der Waals surface area contributed by atoms with E-state index >= 15 is 0 Å². The third kappa shape index (κ3) is 6.62. The van der Waals surface area contributed by atoms with Crippen LogP contribution in [0.25, 0.3) is 0 Å². The van der Waals surface area contributed by atoms with Crippen LogP contribution < -0.4 is 15.4 Å². The number of carbonyl (C=O) groups is 3. The summed E-state index contributed by atoms with van der Waals surface area (Å²) in [5, 5.41) is 5.55. The van der Waals surface area contributed by atoms with Gasteiger partial charge in [0.1, 0.15) is 0 Å². The average molecular weight is 473 g/mol. The molecule has 1 aliphatic heterocycles. The standard InChI is InChI=1S/C23H28N4O5S/c1-16(26-33(31,32)21-10-8-19(9-11-21)24-17(2)28)23(30)27-14-12-20(13-15-27)25-22(29)18-6-4-3-5-7-18/h3-11,16,20,26H,12-15H2,1-2H3,(H,24,28)(H,25,29)/t16-/m1/s1. The normalized spacial score (nSPS) is 15.5. The second-order valence-corrected chi connectivity index (χ2v) is 9.70. The minimum absolute atomic E-state index is 0.00131. The van der Waals surface area contributed by atoms with Gasteiger partial charge in [-0.1, -0.05) is 18.2 Å². The van der Waals surface area contributed by atoms with Crippen molar-refractivity contribution >= 4 is 33.4 Å². The van der Waals surface area contributed by atoms with Crippen LogP contribution in [-0.2, 0) is 19.6 Å². The van der Waals surface area contributed by atoms with Crippen molar-refractivity contribution in [3.63, 3.8) is 0 Å². The predicted molar refractivity (Wildman–Crippen MR) is 124 cm³/mol. The lowest BCUT2D eigenvalue weighted by molar-refractivity contribution is -0.133. The van der Waals surface area contributed by atoms with Crippen LogP contribution >= 0.6 is 0 Å². The Labute approximate surface area is 193 Å². The first kappa shape index (κ1) is 24.4. The first-order chi connectivity index (χ1) is 15.7. The summed E-state index contributed by atoms with van der Waals surface area (Å²) < 4.78 is 27.7. The monoisotopic (exact) mass is 472 g/mol. The molecule has 0 spiro atoms. The topological polar surface area (TPSA) is 125 Å². The fourth-order valence-electron chi connectivity index (χ4n) is 3.65. The summed E-state index contributed by atoms with van der Waals surface area (Å²) in [6.45, 7) is 3.72. The van der Waals surface area contributed by atoms with Crippen molar-refractivity contribution in [1.29, 1.82) is 0 Å². The Morgan fingerprint density at radius 2 is 1.58 bits per heavy atom. The molecule has 2 aromatic carbocycles. The molecule has 1 saturated heterocycles. The van der Waals surface area contributed by atoms with E-state index in [4.69, 9.17) is 0 Å². The Balaban J connectivity index is 1.52. The molecule has 0 aromatic heterocycles. The number of rotatable bonds is 7. The number of nitrogens with one attached hydrogen (secondary N) is 3. The number of anilines is 1. The molecule has 33 heavy (non-hydrogen) atoms. The lowest BCUT2D eigenvalue weighted by atomic mass is 10.0. The van der Waals surface area contributed by atoms with Crippen molar-refractivity contribution in [3.8, 4) is 0 Å². The van der Waals surface area contributed by atoms with Crippen LogP contribution in [0.5, 0.6) is 0 Å². The van der Waals surface area contributed by atoms with Gasteiger partial charge in [-0.05, 0) is 56.2 Å². The van der Waals surface area contributed by atoms with Crippen molar-refractivity contribution in [1.82, 2.24) is 14.9 Å². The van der Waals surface area contributed by atoms with Crippen molar-refractivity contribution in [3.05, 3.63) is 60.2 Å². The van der Waals surface area contributed by atoms with Crippen LogP contribution in [-0.4, -0.2) is 56.2 Å². The maximum atomic E-state index is 12.8. The highest BCUT2D eigenvalue weighted by Crippen LogP contribution is 2.16. The van der Waals surface area contributed by atoms with Crippen LogP contribution in [0.3, 0.4) is 0 Å². The second kappa shape index (κ2) is 10.6. The summed E-state index contributed by atoms with van der Waals surface area (Å²) in [4.78, 5) is 37.8. The molecule has 0 unspecified atom stereocenters. The van der Waals surface area contributed by atoms with Gasteiger partial charge in [0.05, 0.1) is 10.9 Å². The van der Waals surface area contributed by atoms with Gasteiger partial charge in [-0.15, -0.1) is 0 Å². The Hall–Kier alpha value is -3.24. The Morgan fingerprint density at radius 1 is 0.970 bits per heavy atom. The molecular weight excluding hydrogens is 444 g/mol. The van der Waals surface area contributed by atoms with E-state index in [1.54, 1.807) is 29.2 Å². The summed E-state index contributed by atoms with van der Waals surface area (Å²) >= 11 is 0. The highest BCUT2D eigenvalue weighted by atomic mass is 32.2. The van der Waals surface area contributed by atoms with E-state index in [1.165, 1.54) is 38.1 Å². The van der Waals surface area contributed by atoms with E-state index in [-0.39, 0.29) is 28.7 Å². The number of hydrogen-bond donors (Lipinski definition) is 3. The van der Waals surface area contributed by atoms with Gasteiger partial charge in [0.25, 0.3) is 5.91 Å². The zero-order valence-electron chi connectivity index (χ0n) is 18.6. The largest absolute Gasteiger partial charge is 0.349 e. The Morgan fingerprint density at radius 3 is 2.15 bits per heavy atom. The quantitative estimate of drug-likeness (QED) is 0.566. The van der Waals surface area contributed by atoms with E-state index in [2.05, 4.69) is 15.4 Å². The van der Waals surface area contributed by atoms with Crippen molar-refractivity contribution in [2.75, 3.05) is 18.4 Å². The summed E-state index contributed by atoms with van der Waals surface area (Å²) in [6, 6.07) is 13.6. The average Bonchev–Trinajstić information content (AvgIpc) is 2.79. The zero-order chi connectivity index (χ0) is 24.0. The number of benzene rings is 2. The number of likely N-dealkylation sites (tertiary alicyclic amines) is 1. The first-order valence-electron chi connectivity index (χ1n) is 10.7. The molecule has 1 heterocycles. The van der Waals surface area contributed by atoms with Crippen LogP contribution in [0.1, 0.15) is 37.0 Å². The third-order valence-corrected chi connectivity index (χ3v) is 6.92. The molecule has 176 valence electrons. The zero-order valence-corrected chi connectivity index (χ0v) is 19.4. The molecule has 0 radical (unpaired) electrons. The molecule has 3 rings (SSSR count). The molecular formula is C23H28N4O5S. The second-order valence-electron chi connectivity index (χ2n) is 7.99. The number of piperidine rings is 1. The number of carbonyl (C=O) groups excluding carboxylic acids is 3. The van der Waals surface area contributed by atoms with Crippen molar-refractivity contribution in [2.24, 2.45) is 0 Å². The Bertz CT molecular complexity index is 1100. The summed E-state index contributed by atoms with van der Waals surface area (Å²) in [6.07, 6.45) is 1.18. The third-order valence-electron chi connectivity index (χ3n) is 5.37. The molecule has 3 amide bonds. The number of amides is 3. The molecule has 2 aromatic rings. The number of hydrogen-bond acceptors (Lipinski definition) is 5. The smallest absolute Gasteiger partial charge is 0.251 e. The molecule has 0 bridgehead atoms. The number of nitrogens with zero attached hydrogens (tertiary/aromatic N) is 1. The summed E-state index contributed by atoms with van der Waals surface area (Å²) in [7, 11) is -3.91. The van der Waals surface area contributed by atoms with Crippen LogP contribution in [0, 0.1) is 0 Å². The molecule has 3 N–H and O–H groups in total. The van der Waals surface area contributed by atoms with Crippen LogP contribution in [0.15, 0.2) is 59.5 Å². The fourth-order valence-corrected chi connectivity index (χ4v) is 4.84. The van der Waals surface area contributed by atoms with E-state index in [9.17, 15) is 22.8 Å². The van der Waals surface area contributed by atoms with Gasteiger partial charge in [-0.25, -0.2) is 8.42 Å². The van der Waals surface area contributed by atoms with Gasteiger partial charge >= 0.3 is 0 Å². The van der Waals surface area contributed by atoms with Gasteiger partial charge in [0.2, 0.25) is 21.8 Å². The van der Waals surface area contributed by atoms with Crippen LogP contribution in [0.2, 0.25) is 0 Å². The lowest BCUT2D eigenvalue weighted by Gasteiger charge is -2.34. The van der Waals surface area contributed by atoms with Gasteiger partial charge in [0.15, 0.2) is 0 Å². The van der Waals surface area contributed by atoms with Crippen LogP contribution in [0.4, 0.5) is 5.69 Å². The van der Waals surface area contributed by atoms with E-state index in [1.807, 2.05) is 6.07 Å². The molecule has 1 atom stereocenters. The summed E-state index contributed by atoms with van der Waals surface area (Å²) in [5.41, 5.74) is 1.07. The van der Waals surface area contributed by atoms with E-state index in [0.29, 0.717) is 37.2 Å². The molecule has 9 nitrogen and oxygen atoms in total. The maximum absolute atomic E-state index is 12.8. The van der Waals surface area contributed by atoms with Crippen molar-refractivity contribution < 1.29 is 22.8 Å². The predicted octanol–water partition coefficient (Wildman–Crippen LogP) is 1.73. The highest BCUT2D eigenvalue weighted by molar-refractivity contribution is 7.89. The highest BCUT2D eigenvalue weighted by Gasteiger charge is 2.29. The first-order valence-corrected chi connectivity index (χ1v) is 12.2. The Kier molecular flexibility index (Phi) is 7.83. The maximum Gasteiger partial charge on any atom is 0.251 e. The minimum Gasteiger partial charge on any atom is -0.349 e. The van der Waals surface area contributed by atoms with E-state index in [0.717, 1.165) is 0 Å². The van der Waals surface area contributed by atoms with E-state index < -0.39 is 16.1 Å². The van der Waals surface area contributed by atoms with Gasteiger partial charge in [0, 0.05) is 37.3 Å². The summed E-state index contributed by atoms with van der Waals surface area (Å²) in [5.74, 6) is -0.723. The molecule has 1 fully saturated rings. The molecule has 0 aliphatic carbocycles.